The van der Waals surface area contributed by atoms with Crippen molar-refractivity contribution in [2.75, 3.05) is 0 Å². The van der Waals surface area contributed by atoms with Crippen molar-refractivity contribution < 1.29 is 10.2 Å². The molecule has 4 aromatic rings. The Morgan fingerprint density at radius 2 is 1.21 bits per heavy atom. The van der Waals surface area contributed by atoms with Crippen molar-refractivity contribution in [1.29, 1.82) is 0 Å². The van der Waals surface area contributed by atoms with Gasteiger partial charge in [-0.2, -0.15) is 10.2 Å². The number of hydrogen-bond donors (Lipinski definition) is 2. The second kappa shape index (κ2) is 8.06. The van der Waals surface area contributed by atoms with Crippen molar-refractivity contribution in [3.63, 3.8) is 0 Å². The zero-order valence-electron chi connectivity index (χ0n) is 18.5. The number of phenolic OH excluding ortho intramolecular Hbond substituents is 2. The number of azo groups is 1. The van der Waals surface area contributed by atoms with E-state index < -0.39 is 5.54 Å². The monoisotopic (exact) mass is 432 g/mol. The van der Waals surface area contributed by atoms with Crippen LogP contribution < -0.4 is 0 Å². The minimum Gasteiger partial charge on any atom is -0.508 e. The molecule has 0 saturated carbocycles. The third-order valence-electron chi connectivity index (χ3n) is 6.31. The molecule has 0 aromatic heterocycles. The van der Waals surface area contributed by atoms with Gasteiger partial charge in [0.2, 0.25) is 0 Å². The molecule has 162 valence electrons. The standard InChI is InChI=1S/C29H24N2O2/c1-19-8-11-24(18-20(19)2)29(23-12-16-26(33)17-13-23)27(21-6-4-3-5-7-21)28(30-31-29)22-9-14-25(32)15-10-22/h3-18,32-33H,1-2H3. The Labute approximate surface area is 193 Å². The van der Waals surface area contributed by atoms with Crippen molar-refractivity contribution in [3.05, 3.63) is 130 Å². The molecule has 2 N–H and O–H groups in total. The molecular formula is C29H24N2O2. The molecule has 0 spiro atoms. The Morgan fingerprint density at radius 1 is 0.606 bits per heavy atom. The molecule has 33 heavy (non-hydrogen) atoms. The second-order valence-corrected chi connectivity index (χ2v) is 8.39. The van der Waals surface area contributed by atoms with Gasteiger partial charge in [0, 0.05) is 11.1 Å². The number of benzene rings is 4. The minimum absolute atomic E-state index is 0.202. The molecule has 1 heterocycles. The fourth-order valence-electron chi connectivity index (χ4n) is 4.41. The van der Waals surface area contributed by atoms with Crippen LogP contribution in [-0.2, 0) is 5.54 Å². The summed E-state index contributed by atoms with van der Waals surface area (Å²) in [6.45, 7) is 4.20. The Kier molecular flexibility index (Phi) is 5.06. The first-order valence-corrected chi connectivity index (χ1v) is 10.9. The normalized spacial score (nSPS) is 17.5. The maximum absolute atomic E-state index is 9.98. The van der Waals surface area contributed by atoms with Gasteiger partial charge in [0.05, 0.1) is 5.70 Å². The van der Waals surface area contributed by atoms with Crippen LogP contribution in [0, 0.1) is 13.8 Å². The number of nitrogens with zero attached hydrogens (tertiary/aromatic N) is 2. The van der Waals surface area contributed by atoms with Crippen LogP contribution in [0.15, 0.2) is 107 Å². The summed E-state index contributed by atoms with van der Waals surface area (Å²) in [6, 6.07) is 30.8. The zero-order valence-corrected chi connectivity index (χ0v) is 18.5. The molecule has 1 unspecified atom stereocenters. The summed E-state index contributed by atoms with van der Waals surface area (Å²) in [6.07, 6.45) is 0. The molecule has 0 radical (unpaired) electrons. The highest BCUT2D eigenvalue weighted by Gasteiger charge is 2.45. The second-order valence-electron chi connectivity index (χ2n) is 8.39. The first kappa shape index (κ1) is 20.7. The van der Waals surface area contributed by atoms with Crippen LogP contribution in [0.1, 0.15) is 33.4 Å². The number of aromatic hydroxyl groups is 2. The fourth-order valence-corrected chi connectivity index (χ4v) is 4.41. The van der Waals surface area contributed by atoms with E-state index in [4.69, 9.17) is 10.2 Å². The molecule has 1 aliphatic heterocycles. The summed E-state index contributed by atoms with van der Waals surface area (Å²) in [5.41, 5.74) is 7.02. The Bertz CT molecular complexity index is 1370. The van der Waals surface area contributed by atoms with Crippen molar-refractivity contribution in [2.24, 2.45) is 10.2 Å². The third-order valence-corrected chi connectivity index (χ3v) is 6.31. The van der Waals surface area contributed by atoms with E-state index in [1.54, 1.807) is 24.3 Å². The first-order chi connectivity index (χ1) is 16.0. The quantitative estimate of drug-likeness (QED) is 0.365. The average Bonchev–Trinajstić information content (AvgIpc) is 3.24. The fraction of sp³-hybridized carbons (Fsp3) is 0.103. The Morgan fingerprint density at radius 3 is 1.85 bits per heavy atom. The number of phenols is 2. The van der Waals surface area contributed by atoms with Gasteiger partial charge in [0.15, 0.2) is 5.54 Å². The van der Waals surface area contributed by atoms with Crippen LogP contribution >= 0.6 is 0 Å². The molecule has 4 aromatic carbocycles. The molecular weight excluding hydrogens is 408 g/mol. The lowest BCUT2D eigenvalue weighted by Crippen LogP contribution is -2.26. The van der Waals surface area contributed by atoms with Crippen LogP contribution in [0.5, 0.6) is 11.5 Å². The largest absolute Gasteiger partial charge is 0.508 e. The van der Waals surface area contributed by atoms with Gasteiger partial charge in [-0.25, -0.2) is 0 Å². The number of hydrogen-bond acceptors (Lipinski definition) is 4. The van der Waals surface area contributed by atoms with Crippen LogP contribution in [-0.4, -0.2) is 10.2 Å². The lowest BCUT2D eigenvalue weighted by atomic mass is 9.73. The predicted molar refractivity (Wildman–Crippen MR) is 131 cm³/mol. The van der Waals surface area contributed by atoms with Crippen LogP contribution in [0.3, 0.4) is 0 Å². The van der Waals surface area contributed by atoms with Gasteiger partial charge >= 0.3 is 0 Å². The van der Waals surface area contributed by atoms with Gasteiger partial charge < -0.3 is 10.2 Å². The van der Waals surface area contributed by atoms with Gasteiger partial charge in [0.1, 0.15) is 11.5 Å². The first-order valence-electron chi connectivity index (χ1n) is 10.9. The summed E-state index contributed by atoms with van der Waals surface area (Å²) >= 11 is 0. The van der Waals surface area contributed by atoms with Crippen LogP contribution in [0.4, 0.5) is 0 Å². The highest BCUT2D eigenvalue weighted by atomic mass is 16.3. The maximum atomic E-state index is 9.98. The molecule has 0 saturated heterocycles. The lowest BCUT2D eigenvalue weighted by molar-refractivity contribution is 0.474. The van der Waals surface area contributed by atoms with E-state index in [0.717, 1.165) is 33.5 Å². The Balaban J connectivity index is 1.87. The van der Waals surface area contributed by atoms with Gasteiger partial charge in [-0.05, 0) is 78.1 Å². The van der Waals surface area contributed by atoms with Crippen molar-refractivity contribution in [3.8, 4) is 11.5 Å². The van der Waals surface area contributed by atoms with Crippen molar-refractivity contribution in [1.82, 2.24) is 0 Å². The molecule has 0 bridgehead atoms. The lowest BCUT2D eigenvalue weighted by Gasteiger charge is -2.31. The van der Waals surface area contributed by atoms with Gasteiger partial charge in [-0.3, -0.25) is 0 Å². The summed E-state index contributed by atoms with van der Waals surface area (Å²) in [7, 11) is 0. The molecule has 5 rings (SSSR count). The Hall–Kier alpha value is -4.18. The zero-order chi connectivity index (χ0) is 23.0. The van der Waals surface area contributed by atoms with E-state index in [2.05, 4.69) is 44.2 Å². The van der Waals surface area contributed by atoms with Crippen LogP contribution in [0.25, 0.3) is 11.3 Å². The summed E-state index contributed by atoms with van der Waals surface area (Å²) in [5, 5.41) is 29.5. The highest BCUT2D eigenvalue weighted by molar-refractivity contribution is 5.98. The highest BCUT2D eigenvalue weighted by Crippen LogP contribution is 2.53. The topological polar surface area (TPSA) is 65.2 Å². The average molecular weight is 433 g/mol. The van der Waals surface area contributed by atoms with E-state index in [-0.39, 0.29) is 11.5 Å². The molecule has 1 aliphatic rings. The summed E-state index contributed by atoms with van der Waals surface area (Å²) in [4.78, 5) is 0. The third kappa shape index (κ3) is 3.50. The van der Waals surface area contributed by atoms with Crippen molar-refractivity contribution in [2.45, 2.75) is 19.4 Å². The van der Waals surface area contributed by atoms with Crippen molar-refractivity contribution >= 4 is 11.3 Å². The SMILES string of the molecule is Cc1ccc(C2(c3ccc(O)cc3)N=NC(c3ccc(O)cc3)=C2c2ccccc2)cc1C. The number of aryl methyl sites for hydroxylation is 2. The minimum atomic E-state index is -0.888. The van der Waals surface area contributed by atoms with E-state index in [1.807, 2.05) is 42.5 Å². The maximum Gasteiger partial charge on any atom is 0.160 e. The number of rotatable bonds is 4. The van der Waals surface area contributed by atoms with Crippen LogP contribution in [0.2, 0.25) is 0 Å². The molecule has 0 aliphatic carbocycles. The predicted octanol–water partition coefficient (Wildman–Crippen LogP) is 6.99. The molecule has 0 fully saturated rings. The smallest absolute Gasteiger partial charge is 0.160 e. The van der Waals surface area contributed by atoms with Gasteiger partial charge in [-0.15, -0.1) is 0 Å². The molecule has 0 amide bonds. The molecule has 4 heteroatoms. The summed E-state index contributed by atoms with van der Waals surface area (Å²) < 4.78 is 0. The van der Waals surface area contributed by atoms with E-state index in [1.165, 1.54) is 11.1 Å². The summed E-state index contributed by atoms with van der Waals surface area (Å²) in [5.74, 6) is 0.405. The molecule has 1 atom stereocenters. The van der Waals surface area contributed by atoms with E-state index in [9.17, 15) is 10.2 Å². The van der Waals surface area contributed by atoms with Gasteiger partial charge in [-0.1, -0.05) is 60.7 Å². The van der Waals surface area contributed by atoms with E-state index in [0.29, 0.717) is 0 Å². The molecule has 4 nitrogen and oxygen atoms in total. The van der Waals surface area contributed by atoms with E-state index >= 15 is 0 Å². The van der Waals surface area contributed by atoms with Gasteiger partial charge in [0.25, 0.3) is 0 Å².